The molecule has 0 saturated carbocycles. The summed E-state index contributed by atoms with van der Waals surface area (Å²) in [7, 11) is 1.56. The van der Waals surface area contributed by atoms with E-state index in [4.69, 9.17) is 19.2 Å². The molecule has 1 N–H and O–H groups in total. The molecule has 0 radical (unpaired) electrons. The summed E-state index contributed by atoms with van der Waals surface area (Å²) >= 11 is 3.54. The highest BCUT2D eigenvalue weighted by molar-refractivity contribution is 8.00. The Morgan fingerprint density at radius 2 is 1.79 bits per heavy atom. The average Bonchev–Trinajstić information content (AvgIpc) is 3.52. The molecular formula is C26H27N3O7S3. The van der Waals surface area contributed by atoms with E-state index >= 15 is 0 Å². The van der Waals surface area contributed by atoms with Gasteiger partial charge in [0.25, 0.3) is 5.56 Å². The molecule has 0 bridgehead atoms. The Morgan fingerprint density at radius 3 is 2.46 bits per heavy atom. The zero-order valence-electron chi connectivity index (χ0n) is 21.8. The molecule has 3 aromatic rings. The van der Waals surface area contributed by atoms with Crippen LogP contribution in [0.25, 0.3) is 5.69 Å². The maximum atomic E-state index is 13.4. The molecule has 0 unspecified atom stereocenters. The molecule has 1 aliphatic heterocycles. The Balaban J connectivity index is 1.61. The second-order valence-electron chi connectivity index (χ2n) is 8.15. The van der Waals surface area contributed by atoms with E-state index in [2.05, 4.69) is 5.32 Å². The van der Waals surface area contributed by atoms with Gasteiger partial charge in [-0.2, -0.15) is 0 Å². The first-order valence-electron chi connectivity index (χ1n) is 12.1. The zero-order chi connectivity index (χ0) is 28.1. The number of methoxy groups -OCH3 is 1. The van der Waals surface area contributed by atoms with Crippen LogP contribution in [-0.2, 0) is 20.7 Å². The lowest BCUT2D eigenvalue weighted by molar-refractivity contribution is -0.113. The fourth-order valence-electron chi connectivity index (χ4n) is 3.88. The van der Waals surface area contributed by atoms with E-state index in [0.717, 1.165) is 34.5 Å². The van der Waals surface area contributed by atoms with E-state index in [1.165, 1.54) is 16.3 Å². The number of hydrogen-bond donors (Lipinski definition) is 1. The summed E-state index contributed by atoms with van der Waals surface area (Å²) in [5, 5.41) is 3.31. The van der Waals surface area contributed by atoms with Crippen LogP contribution in [0, 0.1) is 6.92 Å². The number of esters is 2. The molecule has 0 saturated heterocycles. The SMILES string of the molecule is CCOC(=O)c1sc(NC(=O)CSc2nc3c(c(=O)n2-c2ccc(OC)cc2)SCC3)c(C(=O)OCC)c1C. The highest BCUT2D eigenvalue weighted by Crippen LogP contribution is 2.35. The molecule has 3 heterocycles. The monoisotopic (exact) mass is 589 g/mol. The number of aryl methyl sites for hydroxylation is 1. The predicted molar refractivity (Wildman–Crippen MR) is 151 cm³/mol. The van der Waals surface area contributed by atoms with Crippen LogP contribution in [0.15, 0.2) is 39.1 Å². The minimum atomic E-state index is -0.643. The lowest BCUT2D eigenvalue weighted by Gasteiger charge is -2.14. The Hall–Kier alpha value is -3.29. The van der Waals surface area contributed by atoms with E-state index in [1.807, 2.05) is 0 Å². The molecule has 2 aromatic heterocycles. The molecule has 0 atom stereocenters. The highest BCUT2D eigenvalue weighted by atomic mass is 32.2. The predicted octanol–water partition coefficient (Wildman–Crippen LogP) is 4.34. The van der Waals surface area contributed by atoms with Gasteiger partial charge in [0.15, 0.2) is 5.16 Å². The number of amides is 1. The van der Waals surface area contributed by atoms with E-state index in [0.29, 0.717) is 33.5 Å². The number of carbonyl (C=O) groups excluding carboxylic acids is 3. The van der Waals surface area contributed by atoms with E-state index in [1.54, 1.807) is 52.1 Å². The van der Waals surface area contributed by atoms with Crippen molar-refractivity contribution in [2.45, 2.75) is 37.2 Å². The van der Waals surface area contributed by atoms with Crippen molar-refractivity contribution < 1.29 is 28.6 Å². The summed E-state index contributed by atoms with van der Waals surface area (Å²) in [4.78, 5) is 57.0. The first-order valence-corrected chi connectivity index (χ1v) is 14.9. The molecule has 13 heteroatoms. The van der Waals surface area contributed by atoms with Crippen LogP contribution < -0.4 is 15.6 Å². The minimum absolute atomic E-state index is 0.0948. The molecule has 1 aromatic carbocycles. The number of carbonyl (C=O) groups is 3. The fraction of sp³-hybridized carbons (Fsp3) is 0.346. The summed E-state index contributed by atoms with van der Waals surface area (Å²) in [5.74, 6) is -0.337. The standard InChI is InChI=1S/C26H27N3O7S3/c1-5-35-24(32)19-14(3)20(25(33)36-6-2)39-22(19)28-18(30)13-38-26-27-17-11-12-37-21(17)23(31)29(26)15-7-9-16(34-4)10-8-15/h7-10H,5-6,11-13H2,1-4H3,(H,28,30). The third-order valence-electron chi connectivity index (χ3n) is 5.67. The van der Waals surface area contributed by atoms with Crippen molar-refractivity contribution in [3.05, 3.63) is 56.3 Å². The van der Waals surface area contributed by atoms with Crippen LogP contribution in [-0.4, -0.2) is 59.2 Å². The number of aromatic nitrogens is 2. The number of rotatable bonds is 10. The number of nitrogens with one attached hydrogen (secondary N) is 1. The molecular weight excluding hydrogens is 563 g/mol. The Kier molecular flexibility index (Phi) is 9.36. The van der Waals surface area contributed by atoms with Crippen LogP contribution >= 0.6 is 34.9 Å². The van der Waals surface area contributed by atoms with E-state index in [-0.39, 0.29) is 40.0 Å². The van der Waals surface area contributed by atoms with Crippen LogP contribution in [0.5, 0.6) is 5.75 Å². The second-order valence-corrected chi connectivity index (χ2v) is 11.2. The van der Waals surface area contributed by atoms with Crippen molar-refractivity contribution in [3.8, 4) is 11.4 Å². The molecule has 39 heavy (non-hydrogen) atoms. The number of thioether (sulfide) groups is 2. The van der Waals surface area contributed by atoms with Gasteiger partial charge in [0, 0.05) is 12.2 Å². The van der Waals surface area contributed by atoms with Gasteiger partial charge in [-0.05, 0) is 50.6 Å². The van der Waals surface area contributed by atoms with E-state index < -0.39 is 17.8 Å². The van der Waals surface area contributed by atoms with E-state index in [9.17, 15) is 19.2 Å². The summed E-state index contributed by atoms with van der Waals surface area (Å²) in [5.41, 5.74) is 1.63. The molecule has 1 aliphatic rings. The summed E-state index contributed by atoms with van der Waals surface area (Å²) < 4.78 is 17.0. The fourth-order valence-corrected chi connectivity index (χ4v) is 6.84. The van der Waals surface area contributed by atoms with Gasteiger partial charge in [0.05, 0.1) is 47.9 Å². The lowest BCUT2D eigenvalue weighted by atomic mass is 10.1. The molecule has 0 aliphatic carbocycles. The Bertz CT molecular complexity index is 1460. The van der Waals surface area contributed by atoms with Gasteiger partial charge in [0.2, 0.25) is 5.91 Å². The molecule has 206 valence electrons. The third-order valence-corrected chi connectivity index (χ3v) is 8.90. The lowest BCUT2D eigenvalue weighted by Crippen LogP contribution is -2.24. The van der Waals surface area contributed by atoms with Gasteiger partial charge in [-0.25, -0.2) is 14.6 Å². The third kappa shape index (κ3) is 6.15. The Labute approximate surface area is 237 Å². The van der Waals surface area contributed by atoms with Gasteiger partial charge < -0.3 is 19.5 Å². The molecule has 0 spiro atoms. The smallest absolute Gasteiger partial charge is 0.348 e. The van der Waals surface area contributed by atoms with Crippen LogP contribution in [0.2, 0.25) is 0 Å². The maximum absolute atomic E-state index is 13.4. The van der Waals surface area contributed by atoms with Crippen molar-refractivity contribution in [2.75, 3.05) is 37.1 Å². The van der Waals surface area contributed by atoms with Gasteiger partial charge >= 0.3 is 11.9 Å². The summed E-state index contributed by atoms with van der Waals surface area (Å²) in [6, 6.07) is 7.02. The number of benzene rings is 1. The number of anilines is 1. The van der Waals surface area contributed by atoms with Crippen LogP contribution in [0.1, 0.15) is 45.1 Å². The topological polar surface area (TPSA) is 126 Å². The Morgan fingerprint density at radius 1 is 1.10 bits per heavy atom. The van der Waals surface area contributed by atoms with Crippen LogP contribution in [0.4, 0.5) is 5.00 Å². The van der Waals surface area contributed by atoms with Gasteiger partial charge in [-0.15, -0.1) is 23.1 Å². The second kappa shape index (κ2) is 12.7. The number of fused-ring (bicyclic) bond motifs is 1. The first-order chi connectivity index (χ1) is 18.8. The van der Waals surface area contributed by atoms with Crippen LogP contribution in [0.3, 0.4) is 0 Å². The molecule has 0 fully saturated rings. The number of thiophene rings is 1. The van der Waals surface area contributed by atoms with Crippen molar-refractivity contribution in [1.29, 1.82) is 0 Å². The zero-order valence-corrected chi connectivity index (χ0v) is 24.3. The number of ether oxygens (including phenoxy) is 3. The van der Waals surface area contributed by atoms with Crippen molar-refractivity contribution >= 4 is 57.7 Å². The quantitative estimate of drug-likeness (QED) is 0.207. The molecule has 10 nitrogen and oxygen atoms in total. The van der Waals surface area contributed by atoms with Gasteiger partial charge in [0.1, 0.15) is 15.6 Å². The maximum Gasteiger partial charge on any atom is 0.348 e. The minimum Gasteiger partial charge on any atom is -0.497 e. The highest BCUT2D eigenvalue weighted by Gasteiger charge is 2.28. The van der Waals surface area contributed by atoms with Gasteiger partial charge in [-0.1, -0.05) is 11.8 Å². The summed E-state index contributed by atoms with van der Waals surface area (Å²) in [6.45, 7) is 5.28. The first kappa shape index (κ1) is 28.7. The van der Waals surface area contributed by atoms with Gasteiger partial charge in [-0.3, -0.25) is 14.2 Å². The largest absolute Gasteiger partial charge is 0.497 e. The molecule has 1 amide bonds. The number of nitrogens with zero attached hydrogens (tertiary/aromatic N) is 2. The number of hydrogen-bond acceptors (Lipinski definition) is 11. The average molecular weight is 590 g/mol. The van der Waals surface area contributed by atoms with Crippen molar-refractivity contribution in [1.82, 2.24) is 9.55 Å². The normalized spacial score (nSPS) is 12.1. The molecule has 4 rings (SSSR count). The van der Waals surface area contributed by atoms with Crippen molar-refractivity contribution in [2.24, 2.45) is 0 Å². The van der Waals surface area contributed by atoms with Crippen molar-refractivity contribution in [3.63, 3.8) is 0 Å². The summed E-state index contributed by atoms with van der Waals surface area (Å²) in [6.07, 6.45) is 0.673.